The second-order valence-electron chi connectivity index (χ2n) is 22.4. The fourth-order valence-electron chi connectivity index (χ4n) is 12.3. The smallest absolute Gasteiger partial charge is 0.330 e. The fourth-order valence-corrected chi connectivity index (χ4v) is 12.3. The molecule has 8 fully saturated rings. The molecule has 27 unspecified atom stereocenters. The molecule has 8 aliphatic rings. The summed E-state index contributed by atoms with van der Waals surface area (Å²) in [5.41, 5.74) is 0. The molecule has 0 radical (unpaired) electrons. The van der Waals surface area contributed by atoms with Crippen LogP contribution in [0, 0.1) is 23.7 Å². The van der Waals surface area contributed by atoms with E-state index in [1.54, 1.807) is 12.2 Å². The summed E-state index contributed by atoms with van der Waals surface area (Å²) in [4.78, 5) is 25.4. The highest BCUT2D eigenvalue weighted by Gasteiger charge is 2.58. The van der Waals surface area contributed by atoms with Crippen LogP contribution in [0.15, 0.2) is 24.3 Å². The van der Waals surface area contributed by atoms with Crippen LogP contribution in [0.1, 0.15) is 83.5 Å². The van der Waals surface area contributed by atoms with Crippen LogP contribution in [0.25, 0.3) is 0 Å². The topological polar surface area (TPSA) is 424 Å². The van der Waals surface area contributed by atoms with Gasteiger partial charge in [-0.3, -0.25) is 0 Å². The molecular weight excluding hydrogens is 1030 g/mol. The average Bonchev–Trinajstić information content (AvgIpc) is 3.43. The molecule has 0 aromatic carbocycles. The maximum absolute atomic E-state index is 12.7. The van der Waals surface area contributed by atoms with Gasteiger partial charge in [0.2, 0.25) is 0 Å². The molecule has 8 rings (SSSR count). The van der Waals surface area contributed by atoms with Gasteiger partial charge in [-0.15, -0.1) is 0 Å². The Morgan fingerprint density at radius 2 is 0.987 bits per heavy atom. The van der Waals surface area contributed by atoms with Crippen molar-refractivity contribution in [1.29, 1.82) is 0 Å². The highest BCUT2D eigenvalue weighted by Crippen LogP contribution is 2.44. The van der Waals surface area contributed by atoms with Crippen LogP contribution in [0.5, 0.6) is 0 Å². The monoisotopic (exact) mass is 1110 g/mol. The van der Waals surface area contributed by atoms with Crippen molar-refractivity contribution in [2.45, 2.75) is 237 Å². The first-order valence-corrected chi connectivity index (χ1v) is 27.2. The Kier molecular flexibility index (Phi) is 21.3. The van der Waals surface area contributed by atoms with Gasteiger partial charge in [0, 0.05) is 30.9 Å². The molecule has 77 heavy (non-hydrogen) atoms. The number of fused-ring (bicyclic) bond motifs is 1. The molecule has 4 saturated carbocycles. The van der Waals surface area contributed by atoms with Crippen LogP contribution in [0.3, 0.4) is 0 Å². The zero-order valence-electron chi connectivity index (χ0n) is 42.6. The SMILES string of the molecule is O=C(C=CC1CCC(O)C(O)C1)OCC1OC(OC2CC(O)CC3[OH+]C(C4CCC(O)C(O)C4)C(OC4OC(CO)C(O)C(O)C4OC4OC(COC(=O)C=CC5CCC(O)CC5)C(O)C(O)C4O)CC23)C(O)C(O)C1O. The minimum Gasteiger partial charge on any atom is -0.460 e. The lowest BCUT2D eigenvalue weighted by Crippen LogP contribution is -2.66. The molecule has 440 valence electrons. The number of carbonyl (C=O) groups is 2. The number of carbonyl (C=O) groups excluding carboxylic acids is 2. The minimum atomic E-state index is -2.00. The Labute approximate surface area is 444 Å². The van der Waals surface area contributed by atoms with E-state index in [1.165, 1.54) is 6.08 Å². The summed E-state index contributed by atoms with van der Waals surface area (Å²) in [6.07, 6.45) is -25.6. The van der Waals surface area contributed by atoms with Crippen LogP contribution >= 0.6 is 0 Å². The van der Waals surface area contributed by atoms with Crippen molar-refractivity contribution in [2.75, 3.05) is 19.8 Å². The summed E-state index contributed by atoms with van der Waals surface area (Å²) in [5.74, 6) is -2.93. The molecule has 4 aliphatic heterocycles. The van der Waals surface area contributed by atoms with Crippen LogP contribution < -0.4 is 0 Å². The number of hydrogen-bond acceptors (Lipinski definition) is 25. The Hall–Kier alpha value is -2.46. The number of hydrogen-bond donors (Lipinski definition) is 15. The van der Waals surface area contributed by atoms with E-state index < -0.39 is 197 Å². The highest BCUT2D eigenvalue weighted by atomic mass is 16.8. The number of allylic oxidation sites excluding steroid dienone is 2. The van der Waals surface area contributed by atoms with Crippen molar-refractivity contribution >= 4 is 11.9 Å². The van der Waals surface area contributed by atoms with Gasteiger partial charge in [-0.05, 0) is 82.5 Å². The van der Waals surface area contributed by atoms with Crippen molar-refractivity contribution in [2.24, 2.45) is 23.7 Å². The van der Waals surface area contributed by atoms with Crippen molar-refractivity contribution in [1.82, 2.24) is 0 Å². The zero-order chi connectivity index (χ0) is 55.4. The summed E-state index contributed by atoms with van der Waals surface area (Å²) in [5, 5.41) is 161. The second kappa shape index (κ2) is 27.1. The molecule has 26 heteroatoms. The molecular formula is C51H81O26+. The molecule has 27 atom stereocenters. The maximum atomic E-state index is 12.7. The molecule has 16 N–H and O–H groups in total. The highest BCUT2D eigenvalue weighted by molar-refractivity contribution is 5.82. The third-order valence-corrected chi connectivity index (χ3v) is 17.0. The molecule has 4 aliphatic carbocycles. The Balaban J connectivity index is 0.976. The van der Waals surface area contributed by atoms with Gasteiger partial charge in [0.1, 0.15) is 92.6 Å². The lowest BCUT2D eigenvalue weighted by Gasteiger charge is -2.50. The quantitative estimate of drug-likeness (QED) is 0.0389. The Morgan fingerprint density at radius 1 is 0.468 bits per heavy atom. The lowest BCUT2D eigenvalue weighted by atomic mass is 9.72. The van der Waals surface area contributed by atoms with E-state index in [4.69, 9.17) is 42.6 Å². The average molecular weight is 1110 g/mol. The van der Waals surface area contributed by atoms with Gasteiger partial charge in [0.05, 0.1) is 55.3 Å². The minimum absolute atomic E-state index is 0.0107. The summed E-state index contributed by atoms with van der Waals surface area (Å²) < 4.78 is 52.7. The van der Waals surface area contributed by atoms with Gasteiger partial charge in [-0.25, -0.2) is 9.59 Å². The number of aliphatic hydroxyl groups excluding tert-OH is 15. The maximum Gasteiger partial charge on any atom is 0.330 e. The van der Waals surface area contributed by atoms with Crippen molar-refractivity contribution in [3.63, 3.8) is 0 Å². The Morgan fingerprint density at radius 3 is 1.57 bits per heavy atom. The van der Waals surface area contributed by atoms with Gasteiger partial charge in [-0.1, -0.05) is 12.2 Å². The van der Waals surface area contributed by atoms with Gasteiger partial charge in [0.15, 0.2) is 31.1 Å². The van der Waals surface area contributed by atoms with Crippen molar-refractivity contribution in [3.8, 4) is 0 Å². The first-order chi connectivity index (χ1) is 36.7. The zero-order valence-corrected chi connectivity index (χ0v) is 42.6. The largest absolute Gasteiger partial charge is 0.460 e. The van der Waals surface area contributed by atoms with Crippen molar-refractivity contribution in [3.05, 3.63) is 24.3 Å². The molecule has 0 aromatic rings. The van der Waals surface area contributed by atoms with Gasteiger partial charge in [-0.2, -0.15) is 0 Å². The third kappa shape index (κ3) is 14.8. The van der Waals surface area contributed by atoms with Gasteiger partial charge in [0.25, 0.3) is 0 Å². The van der Waals surface area contributed by atoms with E-state index in [1.807, 2.05) is 0 Å². The van der Waals surface area contributed by atoms with E-state index in [0.29, 0.717) is 44.9 Å². The van der Waals surface area contributed by atoms with Gasteiger partial charge < -0.3 is 119 Å². The third-order valence-electron chi connectivity index (χ3n) is 17.0. The first-order valence-electron chi connectivity index (χ1n) is 27.2. The van der Waals surface area contributed by atoms with Gasteiger partial charge >= 0.3 is 11.9 Å². The molecule has 4 heterocycles. The molecule has 0 amide bonds. The normalized spacial score (nSPS) is 49.1. The van der Waals surface area contributed by atoms with Crippen LogP contribution in [-0.4, -0.2) is 266 Å². The summed E-state index contributed by atoms with van der Waals surface area (Å²) in [6, 6.07) is 0. The van der Waals surface area contributed by atoms with E-state index >= 15 is 0 Å². The summed E-state index contributed by atoms with van der Waals surface area (Å²) >= 11 is 0. The summed E-state index contributed by atoms with van der Waals surface area (Å²) in [6.45, 7) is -2.04. The van der Waals surface area contributed by atoms with E-state index in [2.05, 4.69) is 0 Å². The number of esters is 2. The van der Waals surface area contributed by atoms with Crippen LogP contribution in [0.4, 0.5) is 0 Å². The second-order valence-corrected chi connectivity index (χ2v) is 22.4. The summed E-state index contributed by atoms with van der Waals surface area (Å²) in [7, 11) is 0. The molecule has 0 spiro atoms. The standard InChI is InChI=1S/C51H80O26/c52-18-34-39(61)44(66)48(77-50-46(68)43(65)41(63)36(76-50)20-69-37(59)11-4-21-1-7-24(53)8-2-21)51(74-34)73-33-17-26-31(71-47(33)23-6-10-28(56)30(58)14-23)15-25(54)16-32(26)72-49-45(67)42(64)40(62)35(75-49)19-70-38(60)12-5-22-3-9-27(55)29(57)13-22/h4-5,11-12,21-36,39-58,61-68H,1-3,6-10,13-20H2/p+1. The van der Waals surface area contributed by atoms with Crippen LogP contribution in [0.2, 0.25) is 0 Å². The molecule has 4 saturated heterocycles. The van der Waals surface area contributed by atoms with E-state index in [-0.39, 0.29) is 50.4 Å². The number of ether oxygens (including phenoxy) is 9. The molecule has 0 aromatic heterocycles. The molecule has 0 bridgehead atoms. The van der Waals surface area contributed by atoms with E-state index in [0.717, 1.165) is 6.08 Å². The van der Waals surface area contributed by atoms with Crippen molar-refractivity contribution < 1.29 is 129 Å². The number of rotatable bonds is 16. The van der Waals surface area contributed by atoms with Crippen LogP contribution in [-0.2, 0) is 47.5 Å². The van der Waals surface area contributed by atoms with E-state index in [9.17, 15) is 86.2 Å². The lowest BCUT2D eigenvalue weighted by molar-refractivity contribution is -0.390. The Bertz CT molecular complexity index is 1940. The fraction of sp³-hybridized carbons (Fsp3) is 0.882. The predicted molar refractivity (Wildman–Crippen MR) is 256 cm³/mol. The number of aliphatic hydroxyl groups is 17. The first kappa shape index (κ1) is 60.6. The predicted octanol–water partition coefficient (Wildman–Crippen LogP) is -5.57. The molecule has 26 nitrogen and oxygen atoms in total.